The Hall–Kier alpha value is -0.650. The molecule has 0 spiro atoms. The van der Waals surface area contributed by atoms with Crippen LogP contribution in [0.15, 0.2) is 0 Å². The lowest BCUT2D eigenvalue weighted by atomic mass is 10.0. The topological polar surface area (TPSA) is 48.0 Å². The van der Waals surface area contributed by atoms with Crippen molar-refractivity contribution in [1.82, 2.24) is 4.90 Å². The summed E-state index contributed by atoms with van der Waals surface area (Å²) in [5.41, 5.74) is 0. The number of carbonyl (C=O) groups is 1. The molecule has 0 radical (unpaired) electrons. The van der Waals surface area contributed by atoms with Crippen LogP contribution in [-0.2, 0) is 19.0 Å². The van der Waals surface area contributed by atoms with E-state index in [2.05, 4.69) is 11.8 Å². The van der Waals surface area contributed by atoms with Gasteiger partial charge in [0, 0.05) is 13.7 Å². The number of rotatable bonds is 19. The second-order valence-corrected chi connectivity index (χ2v) is 9.07. The molecule has 1 fully saturated rings. The molecule has 1 aliphatic rings. The Bertz CT molecular complexity index is 416. The lowest BCUT2D eigenvalue weighted by Gasteiger charge is -2.23. The van der Waals surface area contributed by atoms with Crippen LogP contribution < -0.4 is 0 Å². The van der Waals surface area contributed by atoms with Crippen LogP contribution in [0.3, 0.4) is 0 Å². The van der Waals surface area contributed by atoms with E-state index in [4.69, 9.17) is 14.2 Å². The molecule has 0 aliphatic heterocycles. The summed E-state index contributed by atoms with van der Waals surface area (Å²) in [6.07, 6.45) is 13.4. The summed E-state index contributed by atoms with van der Waals surface area (Å²) >= 11 is 0. The maximum Gasteiger partial charge on any atom is 0.308 e. The van der Waals surface area contributed by atoms with Gasteiger partial charge in [-0.25, -0.2) is 0 Å². The zero-order chi connectivity index (χ0) is 21.5. The monoisotopic (exact) mass is 413 g/mol. The first kappa shape index (κ1) is 26.4. The number of hydrogen-bond donors (Lipinski definition) is 0. The molecule has 0 aromatic carbocycles. The molecule has 4 unspecified atom stereocenters. The number of nitrogens with zero attached hydrogens (tertiary/aromatic N) is 1. The lowest BCUT2D eigenvalue weighted by Crippen LogP contribution is -2.36. The molecule has 0 N–H and O–H groups in total. The fourth-order valence-electron chi connectivity index (χ4n) is 3.65. The highest BCUT2D eigenvalue weighted by atomic mass is 16.5. The molecule has 0 aromatic rings. The van der Waals surface area contributed by atoms with Crippen molar-refractivity contribution in [2.24, 2.45) is 11.8 Å². The van der Waals surface area contributed by atoms with Gasteiger partial charge in [-0.3, -0.25) is 4.79 Å². The minimum absolute atomic E-state index is 0.00543. The van der Waals surface area contributed by atoms with Gasteiger partial charge in [0.2, 0.25) is 0 Å². The highest BCUT2D eigenvalue weighted by Gasteiger charge is 2.40. The van der Waals surface area contributed by atoms with E-state index < -0.39 is 0 Å². The average molecular weight is 414 g/mol. The Morgan fingerprint density at radius 2 is 1.76 bits per heavy atom. The van der Waals surface area contributed by atoms with Crippen molar-refractivity contribution in [2.75, 3.05) is 41.0 Å². The standard InChI is InChI=1S/C24H47NO4/c1-6-7-8-9-10-11-15-21-17-23(21)29-24(26)20(2)14-12-13-16-28-19-22(18-27-5)25(3)4/h20-23H,6-19H2,1-5H3. The first-order chi connectivity index (χ1) is 14.0. The molecule has 0 amide bonds. The van der Waals surface area contributed by atoms with Crippen LogP contribution in [0.5, 0.6) is 0 Å². The Morgan fingerprint density at radius 1 is 1.03 bits per heavy atom. The number of hydrogen-bond acceptors (Lipinski definition) is 5. The average Bonchev–Trinajstić information content (AvgIpc) is 3.43. The zero-order valence-electron chi connectivity index (χ0n) is 19.8. The smallest absolute Gasteiger partial charge is 0.308 e. The molecule has 0 aromatic heterocycles. The normalized spacial score (nSPS) is 20.6. The number of carbonyl (C=O) groups excluding carboxylic acids is 1. The second kappa shape index (κ2) is 16.1. The van der Waals surface area contributed by atoms with E-state index >= 15 is 0 Å². The van der Waals surface area contributed by atoms with Crippen molar-refractivity contribution in [3.63, 3.8) is 0 Å². The fraction of sp³-hybridized carbons (Fsp3) is 0.958. The zero-order valence-corrected chi connectivity index (χ0v) is 19.8. The largest absolute Gasteiger partial charge is 0.462 e. The van der Waals surface area contributed by atoms with E-state index in [1.165, 1.54) is 44.9 Å². The van der Waals surface area contributed by atoms with E-state index in [9.17, 15) is 4.79 Å². The predicted molar refractivity (Wildman–Crippen MR) is 119 cm³/mol. The number of unbranched alkanes of at least 4 members (excludes halogenated alkanes) is 6. The van der Waals surface area contributed by atoms with Crippen LogP contribution in [-0.4, -0.2) is 64.0 Å². The van der Waals surface area contributed by atoms with Crippen LogP contribution in [0.2, 0.25) is 0 Å². The Labute approximate surface area is 179 Å². The van der Waals surface area contributed by atoms with Crippen LogP contribution in [0.1, 0.15) is 84.5 Å². The summed E-state index contributed by atoms with van der Waals surface area (Å²) in [6, 6.07) is 0.289. The third-order valence-corrected chi connectivity index (χ3v) is 6.03. The lowest BCUT2D eigenvalue weighted by molar-refractivity contribution is -0.150. The number of esters is 1. The summed E-state index contributed by atoms with van der Waals surface area (Å²) in [5, 5.41) is 0. The molecular weight excluding hydrogens is 366 g/mol. The van der Waals surface area contributed by atoms with Crippen LogP contribution in [0.25, 0.3) is 0 Å². The van der Waals surface area contributed by atoms with Crippen LogP contribution in [0.4, 0.5) is 0 Å². The van der Waals surface area contributed by atoms with Gasteiger partial charge in [-0.05, 0) is 45.7 Å². The molecule has 0 heterocycles. The maximum absolute atomic E-state index is 12.3. The first-order valence-corrected chi connectivity index (χ1v) is 11.9. The highest BCUT2D eigenvalue weighted by Crippen LogP contribution is 2.38. The summed E-state index contributed by atoms with van der Waals surface area (Å²) in [4.78, 5) is 14.4. The molecule has 172 valence electrons. The summed E-state index contributed by atoms with van der Waals surface area (Å²) < 4.78 is 16.7. The third-order valence-electron chi connectivity index (χ3n) is 6.03. The summed E-state index contributed by atoms with van der Waals surface area (Å²) in [6.45, 7) is 6.34. The molecule has 1 saturated carbocycles. The van der Waals surface area contributed by atoms with Gasteiger partial charge in [0.15, 0.2) is 0 Å². The molecule has 0 saturated heterocycles. The van der Waals surface area contributed by atoms with Gasteiger partial charge in [0.25, 0.3) is 0 Å². The molecule has 1 aliphatic carbocycles. The van der Waals surface area contributed by atoms with E-state index in [-0.39, 0.29) is 24.0 Å². The Kier molecular flexibility index (Phi) is 14.6. The first-order valence-electron chi connectivity index (χ1n) is 11.9. The van der Waals surface area contributed by atoms with Crippen LogP contribution in [0, 0.1) is 11.8 Å². The van der Waals surface area contributed by atoms with Gasteiger partial charge in [-0.1, -0.05) is 58.8 Å². The summed E-state index contributed by atoms with van der Waals surface area (Å²) in [5.74, 6) is 0.616. The van der Waals surface area contributed by atoms with Gasteiger partial charge < -0.3 is 19.1 Å². The van der Waals surface area contributed by atoms with Gasteiger partial charge in [-0.15, -0.1) is 0 Å². The molecule has 0 bridgehead atoms. The Balaban J connectivity index is 1.99. The van der Waals surface area contributed by atoms with Gasteiger partial charge in [0.05, 0.1) is 25.2 Å². The molecular formula is C24H47NO4. The highest BCUT2D eigenvalue weighted by molar-refractivity contribution is 5.72. The molecule has 29 heavy (non-hydrogen) atoms. The quantitative estimate of drug-likeness (QED) is 0.219. The van der Waals surface area contributed by atoms with Crippen molar-refractivity contribution >= 4 is 5.97 Å². The minimum atomic E-state index is -0.00620. The van der Waals surface area contributed by atoms with Crippen molar-refractivity contribution in [1.29, 1.82) is 0 Å². The molecule has 1 rings (SSSR count). The van der Waals surface area contributed by atoms with E-state index in [0.29, 0.717) is 19.1 Å². The van der Waals surface area contributed by atoms with Crippen molar-refractivity contribution in [3.05, 3.63) is 0 Å². The maximum atomic E-state index is 12.3. The molecule has 5 nitrogen and oxygen atoms in total. The molecule has 5 heteroatoms. The predicted octanol–water partition coefficient (Wildman–Crippen LogP) is 5.07. The Morgan fingerprint density at radius 3 is 2.45 bits per heavy atom. The second-order valence-electron chi connectivity index (χ2n) is 9.07. The van der Waals surface area contributed by atoms with Crippen molar-refractivity contribution in [3.8, 4) is 0 Å². The third kappa shape index (κ3) is 12.6. The van der Waals surface area contributed by atoms with E-state index in [1.54, 1.807) is 7.11 Å². The fourth-order valence-corrected chi connectivity index (χ4v) is 3.65. The minimum Gasteiger partial charge on any atom is -0.462 e. The van der Waals surface area contributed by atoms with Crippen molar-refractivity contribution < 1.29 is 19.0 Å². The van der Waals surface area contributed by atoms with Gasteiger partial charge in [0.1, 0.15) is 6.10 Å². The van der Waals surface area contributed by atoms with E-state index in [0.717, 1.165) is 32.3 Å². The van der Waals surface area contributed by atoms with E-state index in [1.807, 2.05) is 21.0 Å². The summed E-state index contributed by atoms with van der Waals surface area (Å²) in [7, 11) is 5.80. The molecule has 4 atom stereocenters. The number of methoxy groups -OCH3 is 1. The van der Waals surface area contributed by atoms with Gasteiger partial charge >= 0.3 is 5.97 Å². The van der Waals surface area contributed by atoms with Crippen LogP contribution >= 0.6 is 0 Å². The SMILES string of the molecule is CCCCCCCCC1CC1OC(=O)C(C)CCCCOCC(COC)N(C)C. The number of likely N-dealkylation sites (N-methyl/N-ethyl adjacent to an activating group) is 1. The number of ether oxygens (including phenoxy) is 3. The van der Waals surface area contributed by atoms with Crippen molar-refractivity contribution in [2.45, 2.75) is 96.6 Å². The van der Waals surface area contributed by atoms with Gasteiger partial charge in [-0.2, -0.15) is 0 Å².